The predicted molar refractivity (Wildman–Crippen MR) is 80.0 cm³/mol. The molecule has 2 rings (SSSR count). The van der Waals surface area contributed by atoms with Crippen molar-refractivity contribution in [2.24, 2.45) is 0 Å². The van der Waals surface area contributed by atoms with Gasteiger partial charge in [-0.25, -0.2) is 0 Å². The largest absolute Gasteiger partial charge is 0.491 e. The number of pyridine rings is 1. The maximum atomic E-state index is 5.75. The van der Waals surface area contributed by atoms with Gasteiger partial charge in [-0.2, -0.15) is 0 Å². The third kappa shape index (κ3) is 4.25. The summed E-state index contributed by atoms with van der Waals surface area (Å²) in [6.45, 7) is 4.20. The number of ether oxygens (including phenoxy) is 1. The van der Waals surface area contributed by atoms with E-state index in [9.17, 15) is 0 Å². The highest BCUT2D eigenvalue weighted by Gasteiger charge is 1.99. The van der Waals surface area contributed by atoms with Crippen LogP contribution in [-0.2, 0) is 0 Å². The van der Waals surface area contributed by atoms with Crippen LogP contribution in [0.1, 0.15) is 31.4 Å². The first-order valence-electron chi connectivity index (χ1n) is 6.62. The molecule has 0 radical (unpaired) electrons. The van der Waals surface area contributed by atoms with Gasteiger partial charge in [0.05, 0.1) is 6.10 Å². The Bertz CT molecular complexity index is 517. The second kappa shape index (κ2) is 6.74. The second-order valence-corrected chi connectivity index (χ2v) is 4.52. The first-order chi connectivity index (χ1) is 9.28. The van der Waals surface area contributed by atoms with Crippen molar-refractivity contribution in [3.63, 3.8) is 0 Å². The van der Waals surface area contributed by atoms with E-state index in [1.165, 1.54) is 0 Å². The average molecular weight is 253 g/mol. The molecule has 0 saturated heterocycles. The fraction of sp³-hybridized carbons (Fsp3) is 0.235. The summed E-state index contributed by atoms with van der Waals surface area (Å²) in [6.07, 6.45) is 9.03. The number of rotatable bonds is 5. The number of aromatic nitrogens is 1. The Kier molecular flexibility index (Phi) is 4.73. The van der Waals surface area contributed by atoms with E-state index in [2.05, 4.69) is 43.1 Å². The van der Waals surface area contributed by atoms with Gasteiger partial charge in [-0.15, -0.1) is 0 Å². The van der Waals surface area contributed by atoms with E-state index in [-0.39, 0.29) is 6.10 Å². The third-order valence-electron chi connectivity index (χ3n) is 2.97. The molecule has 0 amide bonds. The maximum Gasteiger partial charge on any atom is 0.119 e. The van der Waals surface area contributed by atoms with Gasteiger partial charge >= 0.3 is 0 Å². The zero-order chi connectivity index (χ0) is 13.5. The quantitative estimate of drug-likeness (QED) is 0.786. The molecule has 2 heteroatoms. The summed E-state index contributed by atoms with van der Waals surface area (Å²) in [6, 6.07) is 12.1. The molecule has 98 valence electrons. The first-order valence-corrected chi connectivity index (χ1v) is 6.62. The highest BCUT2D eigenvalue weighted by Crippen LogP contribution is 2.16. The van der Waals surface area contributed by atoms with Crippen LogP contribution < -0.4 is 4.74 Å². The Morgan fingerprint density at radius 2 is 1.58 bits per heavy atom. The van der Waals surface area contributed by atoms with Crippen molar-refractivity contribution in [1.82, 2.24) is 4.98 Å². The molecule has 2 aromatic rings. The molecule has 1 atom stereocenters. The maximum absolute atomic E-state index is 5.75. The molecule has 0 aliphatic rings. The van der Waals surface area contributed by atoms with Gasteiger partial charge in [0.25, 0.3) is 0 Å². The van der Waals surface area contributed by atoms with E-state index in [0.717, 1.165) is 23.3 Å². The summed E-state index contributed by atoms with van der Waals surface area (Å²) >= 11 is 0. The van der Waals surface area contributed by atoms with Crippen LogP contribution >= 0.6 is 0 Å². The SMILES string of the molecule is CCC(C)Oc1ccc(C=Cc2ccncc2)cc1. The summed E-state index contributed by atoms with van der Waals surface area (Å²) in [5.74, 6) is 0.926. The summed E-state index contributed by atoms with van der Waals surface area (Å²) < 4.78 is 5.75. The first kappa shape index (κ1) is 13.3. The zero-order valence-electron chi connectivity index (χ0n) is 11.4. The van der Waals surface area contributed by atoms with Crippen LogP contribution in [0.3, 0.4) is 0 Å². The lowest BCUT2D eigenvalue weighted by Crippen LogP contribution is -2.09. The lowest BCUT2D eigenvalue weighted by atomic mass is 10.1. The topological polar surface area (TPSA) is 22.1 Å². The minimum absolute atomic E-state index is 0.262. The Morgan fingerprint density at radius 1 is 1.00 bits per heavy atom. The van der Waals surface area contributed by atoms with Gasteiger partial charge in [0.1, 0.15) is 5.75 Å². The van der Waals surface area contributed by atoms with Crippen molar-refractivity contribution in [3.8, 4) is 5.75 Å². The van der Waals surface area contributed by atoms with Gasteiger partial charge in [-0.1, -0.05) is 31.2 Å². The van der Waals surface area contributed by atoms with Crippen molar-refractivity contribution >= 4 is 12.2 Å². The summed E-state index contributed by atoms with van der Waals surface area (Å²) in [5, 5.41) is 0. The number of benzene rings is 1. The van der Waals surface area contributed by atoms with Crippen molar-refractivity contribution in [2.75, 3.05) is 0 Å². The lowest BCUT2D eigenvalue weighted by Gasteiger charge is -2.12. The van der Waals surface area contributed by atoms with Crippen molar-refractivity contribution in [3.05, 3.63) is 59.9 Å². The average Bonchev–Trinajstić information content (AvgIpc) is 2.47. The minimum Gasteiger partial charge on any atom is -0.491 e. The van der Waals surface area contributed by atoms with Crippen LogP contribution in [0.4, 0.5) is 0 Å². The molecule has 1 aromatic heterocycles. The van der Waals surface area contributed by atoms with E-state index >= 15 is 0 Å². The highest BCUT2D eigenvalue weighted by molar-refractivity contribution is 5.69. The van der Waals surface area contributed by atoms with E-state index in [0.29, 0.717) is 0 Å². The molecular weight excluding hydrogens is 234 g/mol. The Morgan fingerprint density at radius 3 is 2.16 bits per heavy atom. The fourth-order valence-corrected chi connectivity index (χ4v) is 1.64. The molecule has 0 saturated carbocycles. The van der Waals surface area contributed by atoms with Gasteiger partial charge in [0.2, 0.25) is 0 Å². The molecule has 0 bridgehead atoms. The number of hydrogen-bond acceptors (Lipinski definition) is 2. The molecular formula is C17H19NO. The van der Waals surface area contributed by atoms with E-state index in [1.54, 1.807) is 12.4 Å². The summed E-state index contributed by atoms with van der Waals surface area (Å²) in [5.41, 5.74) is 2.31. The molecule has 1 heterocycles. The van der Waals surface area contributed by atoms with Gasteiger partial charge in [-0.3, -0.25) is 4.98 Å². The van der Waals surface area contributed by atoms with Gasteiger partial charge in [0.15, 0.2) is 0 Å². The minimum atomic E-state index is 0.262. The predicted octanol–water partition coefficient (Wildman–Crippen LogP) is 4.43. The molecule has 2 nitrogen and oxygen atoms in total. The van der Waals surface area contributed by atoms with E-state index in [4.69, 9.17) is 4.74 Å². The molecule has 0 N–H and O–H groups in total. The Labute approximate surface area is 114 Å². The van der Waals surface area contributed by atoms with Gasteiger partial charge in [-0.05, 0) is 48.7 Å². The second-order valence-electron chi connectivity index (χ2n) is 4.52. The van der Waals surface area contributed by atoms with Crippen molar-refractivity contribution in [2.45, 2.75) is 26.4 Å². The summed E-state index contributed by atoms with van der Waals surface area (Å²) in [4.78, 5) is 4.00. The van der Waals surface area contributed by atoms with Crippen LogP contribution in [0.15, 0.2) is 48.8 Å². The smallest absolute Gasteiger partial charge is 0.119 e. The van der Waals surface area contributed by atoms with Gasteiger partial charge < -0.3 is 4.74 Å². The third-order valence-corrected chi connectivity index (χ3v) is 2.97. The van der Waals surface area contributed by atoms with E-state index in [1.807, 2.05) is 24.3 Å². The van der Waals surface area contributed by atoms with Gasteiger partial charge in [0, 0.05) is 12.4 Å². The standard InChI is InChI=1S/C17H19NO/c1-3-14(2)19-17-8-6-15(7-9-17)4-5-16-10-12-18-13-11-16/h4-14H,3H2,1-2H3. The highest BCUT2D eigenvalue weighted by atomic mass is 16.5. The van der Waals surface area contributed by atoms with Crippen LogP contribution in [0.5, 0.6) is 5.75 Å². The molecule has 0 spiro atoms. The van der Waals surface area contributed by atoms with E-state index < -0.39 is 0 Å². The Hall–Kier alpha value is -2.09. The zero-order valence-corrected chi connectivity index (χ0v) is 11.4. The Balaban J connectivity index is 2.01. The lowest BCUT2D eigenvalue weighted by molar-refractivity contribution is 0.217. The van der Waals surface area contributed by atoms with Crippen LogP contribution in [0.25, 0.3) is 12.2 Å². The molecule has 1 unspecified atom stereocenters. The van der Waals surface area contributed by atoms with Crippen molar-refractivity contribution in [1.29, 1.82) is 0 Å². The monoisotopic (exact) mass is 253 g/mol. The number of hydrogen-bond donors (Lipinski definition) is 0. The molecule has 19 heavy (non-hydrogen) atoms. The molecule has 0 aliphatic heterocycles. The van der Waals surface area contributed by atoms with Crippen LogP contribution in [-0.4, -0.2) is 11.1 Å². The van der Waals surface area contributed by atoms with Crippen LogP contribution in [0, 0.1) is 0 Å². The molecule has 0 fully saturated rings. The fourth-order valence-electron chi connectivity index (χ4n) is 1.64. The molecule has 1 aromatic carbocycles. The number of nitrogens with zero attached hydrogens (tertiary/aromatic N) is 1. The molecule has 0 aliphatic carbocycles. The van der Waals surface area contributed by atoms with Crippen LogP contribution in [0.2, 0.25) is 0 Å². The summed E-state index contributed by atoms with van der Waals surface area (Å²) in [7, 11) is 0. The van der Waals surface area contributed by atoms with Crippen molar-refractivity contribution < 1.29 is 4.74 Å². The normalized spacial score (nSPS) is 12.5.